The summed E-state index contributed by atoms with van der Waals surface area (Å²) in [6.07, 6.45) is 2.05. The summed E-state index contributed by atoms with van der Waals surface area (Å²) in [5.41, 5.74) is -0.0751. The van der Waals surface area contributed by atoms with Crippen LogP contribution < -0.4 is 10.3 Å². The summed E-state index contributed by atoms with van der Waals surface area (Å²) in [6.45, 7) is 0. The van der Waals surface area contributed by atoms with E-state index >= 15 is 0 Å². The number of nitrogens with zero attached hydrogens (tertiary/aromatic N) is 1. The van der Waals surface area contributed by atoms with Crippen molar-refractivity contribution in [3.8, 4) is 11.6 Å². The van der Waals surface area contributed by atoms with Gasteiger partial charge in [-0.25, -0.2) is 4.79 Å². The zero-order valence-electron chi connectivity index (χ0n) is 10.5. The van der Waals surface area contributed by atoms with Gasteiger partial charge < -0.3 is 14.8 Å². The molecule has 0 atom stereocenters. The van der Waals surface area contributed by atoms with Gasteiger partial charge in [0.1, 0.15) is 11.6 Å². The first-order valence-electron chi connectivity index (χ1n) is 6.24. The molecule has 0 unspecified atom stereocenters. The first-order valence-corrected chi connectivity index (χ1v) is 6.24. The van der Waals surface area contributed by atoms with Crippen LogP contribution in [0.5, 0.6) is 11.6 Å². The number of H-pyrrole nitrogens is 1. The van der Waals surface area contributed by atoms with Crippen molar-refractivity contribution in [1.82, 2.24) is 9.97 Å². The lowest BCUT2D eigenvalue weighted by Crippen LogP contribution is -2.10. The summed E-state index contributed by atoms with van der Waals surface area (Å²) in [7, 11) is 0. The van der Waals surface area contributed by atoms with Gasteiger partial charge in [0.05, 0.1) is 11.6 Å². The van der Waals surface area contributed by atoms with Gasteiger partial charge in [0.15, 0.2) is 0 Å². The van der Waals surface area contributed by atoms with E-state index in [0.717, 1.165) is 12.8 Å². The third kappa shape index (κ3) is 2.69. The van der Waals surface area contributed by atoms with Gasteiger partial charge in [0.2, 0.25) is 5.88 Å². The minimum Gasteiger partial charge on any atom is -0.478 e. The van der Waals surface area contributed by atoms with E-state index in [1.165, 1.54) is 30.3 Å². The van der Waals surface area contributed by atoms with Gasteiger partial charge in [-0.05, 0) is 37.1 Å². The molecule has 0 radical (unpaired) electrons. The zero-order valence-corrected chi connectivity index (χ0v) is 10.5. The number of hydrogen-bond acceptors (Lipinski definition) is 4. The second-order valence-corrected chi connectivity index (χ2v) is 4.67. The maximum Gasteiger partial charge on any atom is 0.335 e. The highest BCUT2D eigenvalue weighted by Crippen LogP contribution is 2.38. The maximum absolute atomic E-state index is 11.5. The van der Waals surface area contributed by atoms with Crippen molar-refractivity contribution in [3.63, 3.8) is 0 Å². The van der Waals surface area contributed by atoms with E-state index < -0.39 is 5.97 Å². The van der Waals surface area contributed by atoms with Crippen molar-refractivity contribution < 1.29 is 14.6 Å². The molecular weight excluding hydrogens is 260 g/mol. The van der Waals surface area contributed by atoms with Crippen LogP contribution in [0, 0.1) is 0 Å². The summed E-state index contributed by atoms with van der Waals surface area (Å²) < 4.78 is 5.49. The second-order valence-electron chi connectivity index (χ2n) is 4.67. The molecule has 3 rings (SSSR count). The monoisotopic (exact) mass is 272 g/mol. The fraction of sp³-hybridized carbons (Fsp3) is 0.214. The predicted molar refractivity (Wildman–Crippen MR) is 70.3 cm³/mol. The van der Waals surface area contributed by atoms with Crippen molar-refractivity contribution in [1.29, 1.82) is 0 Å². The van der Waals surface area contributed by atoms with Crippen molar-refractivity contribution in [3.05, 3.63) is 52.1 Å². The van der Waals surface area contributed by atoms with E-state index in [2.05, 4.69) is 9.97 Å². The molecule has 0 amide bonds. The van der Waals surface area contributed by atoms with Gasteiger partial charge in [-0.3, -0.25) is 4.79 Å². The van der Waals surface area contributed by atoms with E-state index in [1.807, 2.05) is 0 Å². The van der Waals surface area contributed by atoms with Crippen LogP contribution in [-0.2, 0) is 0 Å². The molecular formula is C14H12N2O4. The molecule has 1 heterocycles. The van der Waals surface area contributed by atoms with Gasteiger partial charge in [-0.1, -0.05) is 0 Å². The van der Waals surface area contributed by atoms with Crippen LogP contribution in [-0.4, -0.2) is 21.0 Å². The number of aromatic carboxylic acids is 1. The first-order chi connectivity index (χ1) is 9.61. The molecule has 102 valence electrons. The molecule has 1 aromatic heterocycles. The lowest BCUT2D eigenvalue weighted by Gasteiger charge is -2.06. The first kappa shape index (κ1) is 12.4. The van der Waals surface area contributed by atoms with E-state index in [4.69, 9.17) is 9.84 Å². The lowest BCUT2D eigenvalue weighted by molar-refractivity contribution is 0.0697. The molecule has 1 aliphatic carbocycles. The van der Waals surface area contributed by atoms with Crippen LogP contribution >= 0.6 is 0 Å². The number of carboxylic acids is 1. The second kappa shape index (κ2) is 4.80. The molecule has 2 N–H and O–H groups in total. The summed E-state index contributed by atoms with van der Waals surface area (Å²) in [5, 5.41) is 8.81. The number of carbonyl (C=O) groups is 1. The molecule has 0 bridgehead atoms. The van der Waals surface area contributed by atoms with E-state index in [-0.39, 0.29) is 17.0 Å². The Hall–Kier alpha value is -2.63. The zero-order chi connectivity index (χ0) is 14.1. The summed E-state index contributed by atoms with van der Waals surface area (Å²) in [5.74, 6) is 0.630. The van der Waals surface area contributed by atoms with Gasteiger partial charge in [0.25, 0.3) is 5.56 Å². The fourth-order valence-electron chi connectivity index (χ4n) is 1.84. The molecule has 1 fully saturated rings. The Labute approximate surface area is 114 Å². The van der Waals surface area contributed by atoms with Crippen molar-refractivity contribution in [2.75, 3.05) is 0 Å². The highest BCUT2D eigenvalue weighted by Gasteiger charge is 2.26. The van der Waals surface area contributed by atoms with Crippen LogP contribution in [0.25, 0.3) is 0 Å². The third-order valence-electron chi connectivity index (χ3n) is 3.02. The Bertz CT molecular complexity index is 702. The molecule has 1 aliphatic rings. The largest absolute Gasteiger partial charge is 0.478 e. The number of hydrogen-bond donors (Lipinski definition) is 2. The molecule has 1 aromatic carbocycles. The maximum atomic E-state index is 11.5. The number of benzene rings is 1. The summed E-state index contributed by atoms with van der Waals surface area (Å²) in [6, 6.07) is 7.21. The topological polar surface area (TPSA) is 92.3 Å². The Morgan fingerprint density at radius 3 is 2.60 bits per heavy atom. The highest BCUT2D eigenvalue weighted by atomic mass is 16.5. The molecule has 0 aliphatic heterocycles. The lowest BCUT2D eigenvalue weighted by atomic mass is 10.2. The normalized spacial score (nSPS) is 14.0. The average molecular weight is 272 g/mol. The molecule has 20 heavy (non-hydrogen) atoms. The predicted octanol–water partition coefficient (Wildman–Crippen LogP) is 2.14. The summed E-state index contributed by atoms with van der Waals surface area (Å²) in [4.78, 5) is 29.2. The minimum atomic E-state index is -0.998. The van der Waals surface area contributed by atoms with Crippen LogP contribution in [0.2, 0.25) is 0 Å². The van der Waals surface area contributed by atoms with Gasteiger partial charge in [-0.15, -0.1) is 0 Å². The van der Waals surface area contributed by atoms with Crippen molar-refractivity contribution >= 4 is 5.97 Å². The molecule has 6 heteroatoms. The van der Waals surface area contributed by atoms with Gasteiger partial charge >= 0.3 is 5.97 Å². The Morgan fingerprint density at radius 2 is 2.00 bits per heavy atom. The third-order valence-corrected chi connectivity index (χ3v) is 3.02. The number of ether oxygens (including phenoxy) is 1. The van der Waals surface area contributed by atoms with Gasteiger partial charge in [0, 0.05) is 5.92 Å². The van der Waals surface area contributed by atoms with Crippen molar-refractivity contribution in [2.45, 2.75) is 18.8 Å². The minimum absolute atomic E-state index is 0.176. The summed E-state index contributed by atoms with van der Waals surface area (Å²) >= 11 is 0. The number of carboxylic acid groups (broad SMARTS) is 1. The number of rotatable bonds is 4. The quantitative estimate of drug-likeness (QED) is 0.889. The Balaban J connectivity index is 1.83. The van der Waals surface area contributed by atoms with Crippen molar-refractivity contribution in [2.24, 2.45) is 0 Å². The van der Waals surface area contributed by atoms with E-state index in [9.17, 15) is 9.59 Å². The molecule has 0 spiro atoms. The number of aromatic amines is 1. The Kier molecular flexibility index (Phi) is 2.98. The van der Waals surface area contributed by atoms with E-state index in [0.29, 0.717) is 17.5 Å². The highest BCUT2D eigenvalue weighted by molar-refractivity contribution is 5.87. The standard InChI is InChI=1S/C14H12N2O4/c17-11-7-12(16-13(15-11)8-1-2-8)20-10-5-3-9(4-6-10)14(18)19/h3-8H,1-2H2,(H,18,19)(H,15,16,17). The molecule has 6 nitrogen and oxygen atoms in total. The van der Waals surface area contributed by atoms with Crippen LogP contribution in [0.1, 0.15) is 34.9 Å². The Morgan fingerprint density at radius 1 is 1.30 bits per heavy atom. The smallest absolute Gasteiger partial charge is 0.335 e. The van der Waals surface area contributed by atoms with Crippen LogP contribution in [0.4, 0.5) is 0 Å². The van der Waals surface area contributed by atoms with Crippen LogP contribution in [0.15, 0.2) is 35.1 Å². The average Bonchev–Trinajstić information content (AvgIpc) is 3.23. The van der Waals surface area contributed by atoms with E-state index in [1.54, 1.807) is 0 Å². The van der Waals surface area contributed by atoms with Gasteiger partial charge in [-0.2, -0.15) is 4.98 Å². The number of nitrogens with one attached hydrogen (secondary N) is 1. The van der Waals surface area contributed by atoms with Crippen LogP contribution in [0.3, 0.4) is 0 Å². The molecule has 0 saturated heterocycles. The molecule has 1 saturated carbocycles. The molecule has 2 aromatic rings. The number of aromatic nitrogens is 2. The fourth-order valence-corrected chi connectivity index (χ4v) is 1.84. The SMILES string of the molecule is O=C(O)c1ccc(Oc2cc(=O)[nH]c(C3CC3)n2)cc1.